The Morgan fingerprint density at radius 1 is 1.22 bits per heavy atom. The van der Waals surface area contributed by atoms with Crippen LogP contribution in [0, 0.1) is 0 Å². The van der Waals surface area contributed by atoms with Gasteiger partial charge in [0.1, 0.15) is 0 Å². The van der Waals surface area contributed by atoms with Crippen molar-refractivity contribution < 1.29 is 24.2 Å². The van der Waals surface area contributed by atoms with Crippen LogP contribution in [0.3, 0.4) is 0 Å². The van der Waals surface area contributed by atoms with Crippen LogP contribution >= 0.6 is 0 Å². The van der Waals surface area contributed by atoms with Gasteiger partial charge in [-0.05, 0) is 19.1 Å². The normalized spacial score (nSPS) is 9.67. The lowest BCUT2D eigenvalue weighted by Gasteiger charge is -2.15. The van der Waals surface area contributed by atoms with Crippen molar-refractivity contribution in [2.75, 3.05) is 13.7 Å². The second-order valence-corrected chi connectivity index (χ2v) is 3.41. The number of carbonyl (C=O) groups excluding carboxylic acids is 2. The van der Waals surface area contributed by atoms with Gasteiger partial charge in [0.25, 0.3) is 5.91 Å². The Bertz CT molecular complexity index is 483. The molecule has 18 heavy (non-hydrogen) atoms. The number of ether oxygens (including phenoxy) is 1. The Morgan fingerprint density at radius 3 is 2.28 bits per heavy atom. The summed E-state index contributed by atoms with van der Waals surface area (Å²) < 4.78 is 4.67. The first kappa shape index (κ1) is 13.7. The molecule has 0 bridgehead atoms. The third kappa shape index (κ3) is 2.85. The van der Waals surface area contributed by atoms with Gasteiger partial charge in [0.05, 0.1) is 17.7 Å². The van der Waals surface area contributed by atoms with E-state index in [-0.39, 0.29) is 17.7 Å². The molecule has 0 unspecified atom stereocenters. The SMILES string of the molecule is CCOC(=O)N(C)C(=O)c1ccccc1C(=O)O. The minimum absolute atomic E-state index is 0.0550. The number of benzene rings is 1. The van der Waals surface area contributed by atoms with Gasteiger partial charge in [-0.3, -0.25) is 4.79 Å². The summed E-state index contributed by atoms with van der Waals surface area (Å²) in [4.78, 5) is 35.0. The summed E-state index contributed by atoms with van der Waals surface area (Å²) in [6.07, 6.45) is -0.817. The van der Waals surface area contributed by atoms with Crippen LogP contribution in [-0.2, 0) is 4.74 Å². The molecule has 1 aromatic rings. The van der Waals surface area contributed by atoms with Gasteiger partial charge in [-0.1, -0.05) is 12.1 Å². The predicted molar refractivity (Wildman–Crippen MR) is 62.5 cm³/mol. The Hall–Kier alpha value is -2.37. The van der Waals surface area contributed by atoms with Gasteiger partial charge < -0.3 is 9.84 Å². The molecule has 0 aliphatic carbocycles. The summed E-state index contributed by atoms with van der Waals surface area (Å²) in [5, 5.41) is 8.95. The van der Waals surface area contributed by atoms with Crippen LogP contribution in [0.2, 0.25) is 0 Å². The van der Waals surface area contributed by atoms with E-state index in [1.165, 1.54) is 31.3 Å². The summed E-state index contributed by atoms with van der Waals surface area (Å²) in [6, 6.07) is 5.68. The number of carboxylic acid groups (broad SMARTS) is 1. The van der Waals surface area contributed by atoms with E-state index in [2.05, 4.69) is 4.74 Å². The molecular weight excluding hydrogens is 238 g/mol. The molecule has 2 amide bonds. The molecule has 6 heteroatoms. The summed E-state index contributed by atoms with van der Waals surface area (Å²) in [5.41, 5.74) is -0.209. The minimum Gasteiger partial charge on any atom is -0.478 e. The molecule has 0 spiro atoms. The summed E-state index contributed by atoms with van der Waals surface area (Å²) in [6.45, 7) is 1.75. The predicted octanol–water partition coefficient (Wildman–Crippen LogP) is 1.61. The van der Waals surface area contributed by atoms with Crippen LogP contribution in [0.15, 0.2) is 24.3 Å². The van der Waals surface area contributed by atoms with Crippen molar-refractivity contribution in [3.05, 3.63) is 35.4 Å². The van der Waals surface area contributed by atoms with E-state index in [1.54, 1.807) is 6.92 Å². The van der Waals surface area contributed by atoms with E-state index in [4.69, 9.17) is 5.11 Å². The second kappa shape index (κ2) is 5.81. The first-order valence-electron chi connectivity index (χ1n) is 5.26. The monoisotopic (exact) mass is 251 g/mol. The molecule has 0 aliphatic heterocycles. The van der Waals surface area contributed by atoms with Crippen LogP contribution < -0.4 is 0 Å². The van der Waals surface area contributed by atoms with Crippen molar-refractivity contribution in [1.82, 2.24) is 4.90 Å². The number of carbonyl (C=O) groups is 3. The zero-order chi connectivity index (χ0) is 13.7. The Morgan fingerprint density at radius 2 is 1.78 bits per heavy atom. The fraction of sp³-hybridized carbons (Fsp3) is 0.250. The van der Waals surface area contributed by atoms with Crippen LogP contribution in [-0.4, -0.2) is 41.6 Å². The van der Waals surface area contributed by atoms with Crippen molar-refractivity contribution >= 4 is 18.0 Å². The largest absolute Gasteiger partial charge is 0.478 e. The highest BCUT2D eigenvalue weighted by Crippen LogP contribution is 2.11. The number of nitrogens with zero attached hydrogens (tertiary/aromatic N) is 1. The molecule has 6 nitrogen and oxygen atoms in total. The first-order chi connectivity index (χ1) is 8.49. The third-order valence-electron chi connectivity index (χ3n) is 2.23. The number of hydrogen-bond donors (Lipinski definition) is 1. The topological polar surface area (TPSA) is 83.9 Å². The fourth-order valence-corrected chi connectivity index (χ4v) is 1.34. The Labute approximate surface area is 104 Å². The molecule has 0 radical (unpaired) electrons. The standard InChI is InChI=1S/C12H13NO5/c1-3-18-12(17)13(2)10(14)8-6-4-5-7-9(8)11(15)16/h4-7H,3H2,1-2H3,(H,15,16). The van der Waals surface area contributed by atoms with Crippen LogP contribution in [0.4, 0.5) is 4.79 Å². The molecule has 1 N–H and O–H groups in total. The summed E-state index contributed by atoms with van der Waals surface area (Å²) in [5.74, 6) is -1.94. The molecule has 0 saturated heterocycles. The maximum atomic E-state index is 11.9. The summed E-state index contributed by atoms with van der Waals surface area (Å²) >= 11 is 0. The third-order valence-corrected chi connectivity index (χ3v) is 2.23. The molecule has 0 fully saturated rings. The molecule has 0 atom stereocenters. The van der Waals surface area contributed by atoms with Gasteiger partial charge in [-0.25, -0.2) is 14.5 Å². The molecule has 0 heterocycles. The molecule has 0 saturated carbocycles. The van der Waals surface area contributed by atoms with Gasteiger partial charge >= 0.3 is 12.1 Å². The zero-order valence-corrected chi connectivity index (χ0v) is 10.0. The lowest BCUT2D eigenvalue weighted by atomic mass is 10.1. The van der Waals surface area contributed by atoms with Crippen LogP contribution in [0.1, 0.15) is 27.6 Å². The molecule has 0 aromatic heterocycles. The lowest BCUT2D eigenvalue weighted by molar-refractivity contribution is 0.0664. The first-order valence-corrected chi connectivity index (χ1v) is 5.26. The van der Waals surface area contributed by atoms with E-state index >= 15 is 0 Å². The van der Waals surface area contributed by atoms with E-state index in [9.17, 15) is 14.4 Å². The highest BCUT2D eigenvalue weighted by molar-refractivity contribution is 6.09. The van der Waals surface area contributed by atoms with Crippen molar-refractivity contribution in [2.45, 2.75) is 6.92 Å². The van der Waals surface area contributed by atoms with Gasteiger partial charge in [0, 0.05) is 7.05 Å². The van der Waals surface area contributed by atoms with E-state index in [1.807, 2.05) is 0 Å². The van der Waals surface area contributed by atoms with E-state index in [0.717, 1.165) is 4.90 Å². The summed E-state index contributed by atoms with van der Waals surface area (Å²) in [7, 11) is 1.24. The van der Waals surface area contributed by atoms with E-state index in [0.29, 0.717) is 0 Å². The minimum atomic E-state index is -1.23. The van der Waals surface area contributed by atoms with Gasteiger partial charge in [0.2, 0.25) is 0 Å². The number of amides is 2. The van der Waals surface area contributed by atoms with Gasteiger partial charge in [-0.15, -0.1) is 0 Å². The lowest BCUT2D eigenvalue weighted by Crippen LogP contribution is -2.34. The van der Waals surface area contributed by atoms with Crippen molar-refractivity contribution in [1.29, 1.82) is 0 Å². The highest BCUT2D eigenvalue weighted by Gasteiger charge is 2.23. The molecule has 1 aromatic carbocycles. The highest BCUT2D eigenvalue weighted by atomic mass is 16.6. The van der Waals surface area contributed by atoms with Crippen molar-refractivity contribution in [2.24, 2.45) is 0 Å². The quantitative estimate of drug-likeness (QED) is 0.882. The average molecular weight is 251 g/mol. The number of imide groups is 1. The number of hydrogen-bond acceptors (Lipinski definition) is 4. The smallest absolute Gasteiger partial charge is 0.416 e. The Kier molecular flexibility index (Phi) is 4.42. The van der Waals surface area contributed by atoms with Crippen molar-refractivity contribution in [3.8, 4) is 0 Å². The number of rotatable bonds is 3. The van der Waals surface area contributed by atoms with Gasteiger partial charge in [0.15, 0.2) is 0 Å². The van der Waals surface area contributed by atoms with E-state index < -0.39 is 18.0 Å². The number of aromatic carboxylic acids is 1. The zero-order valence-electron chi connectivity index (χ0n) is 10.0. The maximum absolute atomic E-state index is 11.9. The number of carboxylic acids is 1. The van der Waals surface area contributed by atoms with Crippen molar-refractivity contribution in [3.63, 3.8) is 0 Å². The molecule has 1 rings (SSSR count). The van der Waals surface area contributed by atoms with Gasteiger partial charge in [-0.2, -0.15) is 0 Å². The maximum Gasteiger partial charge on any atom is 0.416 e. The van der Waals surface area contributed by atoms with Crippen LogP contribution in [0.25, 0.3) is 0 Å². The van der Waals surface area contributed by atoms with Crippen LogP contribution in [0.5, 0.6) is 0 Å². The molecule has 0 aliphatic rings. The fourth-order valence-electron chi connectivity index (χ4n) is 1.34. The second-order valence-electron chi connectivity index (χ2n) is 3.41. The molecular formula is C12H13NO5. The average Bonchev–Trinajstić information content (AvgIpc) is 2.37. The molecule has 96 valence electrons. The Balaban J connectivity index is 3.04.